The molecule has 6 nitrogen and oxygen atoms in total. The van der Waals surface area contributed by atoms with Crippen molar-refractivity contribution >= 4 is 35.3 Å². The van der Waals surface area contributed by atoms with Crippen molar-refractivity contribution in [2.75, 3.05) is 24.6 Å². The van der Waals surface area contributed by atoms with Gasteiger partial charge < -0.3 is 13.8 Å². The topological polar surface area (TPSA) is 56.6 Å². The highest BCUT2D eigenvalue weighted by atomic mass is 35.5. The molecule has 1 atom stereocenters. The summed E-state index contributed by atoms with van der Waals surface area (Å²) in [6.07, 6.45) is -0.901. The summed E-state index contributed by atoms with van der Waals surface area (Å²) in [5.41, 5.74) is -5.17. The summed E-state index contributed by atoms with van der Waals surface area (Å²) in [7, 11) is 0. The van der Waals surface area contributed by atoms with Crippen LogP contribution in [-0.2, 0) is 4.74 Å². The zero-order valence-electron chi connectivity index (χ0n) is 16.7. The highest BCUT2D eigenvalue weighted by molar-refractivity contribution is 7.95. The maximum absolute atomic E-state index is 13.8. The van der Waals surface area contributed by atoms with E-state index in [0.717, 1.165) is 10.9 Å². The van der Waals surface area contributed by atoms with Crippen molar-refractivity contribution in [3.05, 3.63) is 40.7 Å². The highest BCUT2D eigenvalue weighted by Gasteiger charge is 2.34. The number of nitrogens with zero attached hydrogens (tertiary/aromatic N) is 3. The first-order valence-electron chi connectivity index (χ1n) is 9.60. The summed E-state index contributed by atoms with van der Waals surface area (Å²) >= 11 is 5.38. The summed E-state index contributed by atoms with van der Waals surface area (Å²) in [5, 5.41) is 4.28. The summed E-state index contributed by atoms with van der Waals surface area (Å²) in [4.78, 5) is 13.7. The molecule has 0 amide bonds. The second kappa shape index (κ2) is 10.2. The lowest BCUT2D eigenvalue weighted by Crippen LogP contribution is -2.37. The summed E-state index contributed by atoms with van der Waals surface area (Å²) in [6.45, 7) is 2.18. The maximum Gasteiger partial charge on any atom is 0.479 e. The van der Waals surface area contributed by atoms with Crippen LogP contribution in [0.1, 0.15) is 48.3 Å². The minimum atomic E-state index is -4.61. The molecular weight excluding hydrogens is 481 g/mol. The number of carbonyl (C=O) groups is 1. The zero-order chi connectivity index (χ0) is 23.5. The fraction of sp³-hybridized carbons (Fsp3) is 0.474. The Morgan fingerprint density at radius 3 is 2.78 bits per heavy atom. The average Bonchev–Trinajstić information content (AvgIpc) is 3.18. The number of hydrogen-bond donors (Lipinski definition) is 0. The van der Waals surface area contributed by atoms with Crippen molar-refractivity contribution < 1.29 is 35.7 Å². The quantitative estimate of drug-likeness (QED) is 0.263. The van der Waals surface area contributed by atoms with Gasteiger partial charge in [0.25, 0.3) is 6.43 Å². The molecule has 1 aliphatic rings. The molecule has 1 unspecified atom stereocenters. The SMILES string of the molecule is CCOC(=O)c1cnn(C2CCCN(c3cc(Cl)ccc3OSC(F)(F)F)C2)c1C(F)F. The molecule has 176 valence electrons. The highest BCUT2D eigenvalue weighted by Crippen LogP contribution is 2.40. The van der Waals surface area contributed by atoms with Gasteiger partial charge in [-0.3, -0.25) is 4.68 Å². The average molecular weight is 500 g/mol. The van der Waals surface area contributed by atoms with Gasteiger partial charge in [0.05, 0.1) is 24.5 Å². The first-order chi connectivity index (χ1) is 15.1. The number of ether oxygens (including phenoxy) is 1. The van der Waals surface area contributed by atoms with Crippen molar-refractivity contribution in [1.29, 1.82) is 0 Å². The standard InChI is InChI=1S/C19H19ClF5N3O3S/c1-2-30-18(29)13-9-26-28(16(13)17(21)22)12-4-3-7-27(10-12)14-8-11(20)5-6-15(14)31-32-19(23,24)25/h5-6,8-9,12,17H,2-4,7,10H2,1H3. The van der Waals surface area contributed by atoms with E-state index in [-0.39, 0.29) is 29.5 Å². The van der Waals surface area contributed by atoms with Crippen LogP contribution in [0.2, 0.25) is 5.02 Å². The number of rotatable bonds is 7. The first kappa shape index (κ1) is 24.4. The zero-order valence-corrected chi connectivity index (χ0v) is 18.3. The first-order valence-corrected chi connectivity index (χ1v) is 10.7. The second-order valence-corrected chi connectivity index (χ2v) is 8.11. The molecule has 1 aromatic heterocycles. The van der Waals surface area contributed by atoms with Crippen molar-refractivity contribution in [3.63, 3.8) is 0 Å². The molecule has 0 radical (unpaired) electrons. The van der Waals surface area contributed by atoms with Crippen LogP contribution in [0.15, 0.2) is 24.4 Å². The molecule has 0 spiro atoms. The minimum Gasteiger partial charge on any atom is -0.462 e. The second-order valence-electron chi connectivity index (χ2n) is 6.88. The fourth-order valence-corrected chi connectivity index (χ4v) is 4.01. The van der Waals surface area contributed by atoms with E-state index < -0.39 is 41.7 Å². The van der Waals surface area contributed by atoms with Crippen LogP contribution in [0, 0.1) is 0 Å². The smallest absolute Gasteiger partial charge is 0.462 e. The summed E-state index contributed by atoms with van der Waals surface area (Å²) in [5.74, 6) is -0.949. The van der Waals surface area contributed by atoms with Gasteiger partial charge in [0, 0.05) is 18.1 Å². The van der Waals surface area contributed by atoms with Crippen LogP contribution in [0.3, 0.4) is 0 Å². The van der Waals surface area contributed by atoms with Gasteiger partial charge in [-0.05, 0) is 38.0 Å². The molecule has 1 saturated heterocycles. The number of hydrogen-bond acceptors (Lipinski definition) is 6. The molecule has 13 heteroatoms. The number of aromatic nitrogens is 2. The Bertz CT molecular complexity index is 957. The largest absolute Gasteiger partial charge is 0.479 e. The number of anilines is 1. The Morgan fingerprint density at radius 1 is 1.38 bits per heavy atom. The van der Waals surface area contributed by atoms with Gasteiger partial charge in [-0.15, -0.1) is 0 Å². The Labute approximate surface area is 189 Å². The van der Waals surface area contributed by atoms with Crippen LogP contribution < -0.4 is 9.08 Å². The third kappa shape index (κ3) is 5.77. The molecule has 3 rings (SSSR count). The lowest BCUT2D eigenvalue weighted by atomic mass is 10.0. The Hall–Kier alpha value is -2.21. The van der Waals surface area contributed by atoms with Crippen molar-refractivity contribution in [3.8, 4) is 5.75 Å². The molecule has 1 fully saturated rings. The number of carbonyl (C=O) groups excluding carboxylic acids is 1. The lowest BCUT2D eigenvalue weighted by Gasteiger charge is -2.35. The predicted molar refractivity (Wildman–Crippen MR) is 109 cm³/mol. The van der Waals surface area contributed by atoms with Crippen LogP contribution in [0.4, 0.5) is 27.6 Å². The van der Waals surface area contributed by atoms with E-state index in [9.17, 15) is 26.7 Å². The molecule has 1 aromatic carbocycles. The molecule has 0 aliphatic carbocycles. The van der Waals surface area contributed by atoms with Crippen LogP contribution in [0.25, 0.3) is 0 Å². The number of alkyl halides is 5. The van der Waals surface area contributed by atoms with Crippen LogP contribution in [0.5, 0.6) is 5.75 Å². The van der Waals surface area contributed by atoms with E-state index >= 15 is 0 Å². The van der Waals surface area contributed by atoms with Gasteiger partial charge >= 0.3 is 11.5 Å². The Kier molecular flexibility index (Phi) is 7.75. The number of benzene rings is 1. The molecule has 0 N–H and O–H groups in total. The van der Waals surface area contributed by atoms with Crippen LogP contribution >= 0.6 is 23.6 Å². The monoisotopic (exact) mass is 499 g/mol. The van der Waals surface area contributed by atoms with E-state index in [1.807, 2.05) is 0 Å². The third-order valence-electron chi connectivity index (χ3n) is 4.77. The Morgan fingerprint density at radius 2 is 2.12 bits per heavy atom. The summed E-state index contributed by atoms with van der Waals surface area (Å²) < 4.78 is 76.2. The third-order valence-corrected chi connectivity index (χ3v) is 5.45. The normalized spacial score (nSPS) is 17.0. The number of piperidine rings is 1. The van der Waals surface area contributed by atoms with Gasteiger partial charge in [0.2, 0.25) is 0 Å². The van der Waals surface area contributed by atoms with E-state index in [4.69, 9.17) is 20.5 Å². The van der Waals surface area contributed by atoms with E-state index in [0.29, 0.717) is 25.1 Å². The van der Waals surface area contributed by atoms with Crippen molar-refractivity contribution in [1.82, 2.24) is 9.78 Å². The molecule has 2 aromatic rings. The van der Waals surface area contributed by atoms with Gasteiger partial charge in [0.1, 0.15) is 11.3 Å². The minimum absolute atomic E-state index is 0.0252. The van der Waals surface area contributed by atoms with Gasteiger partial charge in [-0.25, -0.2) is 13.6 Å². The van der Waals surface area contributed by atoms with E-state index in [1.54, 1.807) is 11.8 Å². The predicted octanol–water partition coefficient (Wildman–Crippen LogP) is 6.04. The van der Waals surface area contributed by atoms with E-state index in [2.05, 4.69) is 5.10 Å². The molecular formula is C19H19ClF5N3O3S. The Balaban J connectivity index is 1.88. The summed E-state index contributed by atoms with van der Waals surface area (Å²) in [6, 6.07) is 3.61. The lowest BCUT2D eigenvalue weighted by molar-refractivity contribution is -0.0369. The molecule has 32 heavy (non-hydrogen) atoms. The fourth-order valence-electron chi connectivity index (χ4n) is 3.52. The van der Waals surface area contributed by atoms with Gasteiger partial charge in [-0.1, -0.05) is 11.6 Å². The van der Waals surface area contributed by atoms with Crippen molar-refractivity contribution in [2.24, 2.45) is 0 Å². The molecule has 0 saturated carbocycles. The molecule has 2 heterocycles. The van der Waals surface area contributed by atoms with E-state index in [1.165, 1.54) is 18.2 Å². The van der Waals surface area contributed by atoms with Crippen molar-refractivity contribution in [2.45, 2.75) is 37.7 Å². The number of halogens is 6. The molecule has 0 bridgehead atoms. The van der Waals surface area contributed by atoms with Gasteiger partial charge in [-0.2, -0.15) is 18.3 Å². The number of esters is 1. The maximum atomic E-state index is 13.8. The molecule has 1 aliphatic heterocycles. The van der Waals surface area contributed by atoms with Crippen LogP contribution in [-0.4, -0.2) is 41.0 Å². The van der Waals surface area contributed by atoms with Gasteiger partial charge in [0.15, 0.2) is 17.8 Å².